The van der Waals surface area contributed by atoms with Gasteiger partial charge >= 0.3 is 5.97 Å². The molecule has 1 amide bonds. The first-order chi connectivity index (χ1) is 9.09. The topological polar surface area (TPSA) is 75.6 Å². The molecule has 0 saturated carbocycles. The van der Waals surface area contributed by atoms with Crippen molar-refractivity contribution in [1.29, 1.82) is 0 Å². The van der Waals surface area contributed by atoms with E-state index < -0.39 is 12.0 Å². The predicted octanol–water partition coefficient (Wildman–Crippen LogP) is 1.48. The Balaban J connectivity index is 2.02. The standard InChI is InChI=1S/C14H21NO4/c1-9-4-2-6-11(9)13(16)15-12(14(17)18)10-5-3-7-19-8-10/h10,12H,2-8H2,1H3,(H,15,16)(H,17,18). The minimum absolute atomic E-state index is 0.127. The Morgan fingerprint density at radius 1 is 1.37 bits per heavy atom. The van der Waals surface area contributed by atoms with E-state index in [4.69, 9.17) is 4.74 Å². The van der Waals surface area contributed by atoms with Crippen LogP contribution < -0.4 is 5.32 Å². The summed E-state index contributed by atoms with van der Waals surface area (Å²) in [4.78, 5) is 23.5. The third kappa shape index (κ3) is 3.35. The van der Waals surface area contributed by atoms with Gasteiger partial charge in [-0.05, 0) is 39.0 Å². The van der Waals surface area contributed by atoms with E-state index in [-0.39, 0.29) is 11.8 Å². The molecule has 1 saturated heterocycles. The maximum Gasteiger partial charge on any atom is 0.326 e. The Labute approximate surface area is 113 Å². The summed E-state index contributed by atoms with van der Waals surface area (Å²) in [5.41, 5.74) is 1.85. The molecule has 0 spiro atoms. The molecule has 5 nitrogen and oxygen atoms in total. The molecule has 2 atom stereocenters. The maximum atomic E-state index is 12.1. The number of hydrogen-bond donors (Lipinski definition) is 2. The number of nitrogens with one attached hydrogen (secondary N) is 1. The van der Waals surface area contributed by atoms with Gasteiger partial charge in [0.2, 0.25) is 5.91 Å². The van der Waals surface area contributed by atoms with Gasteiger partial charge < -0.3 is 15.2 Å². The third-order valence-corrected chi connectivity index (χ3v) is 3.99. The van der Waals surface area contributed by atoms with E-state index in [0.29, 0.717) is 13.2 Å². The van der Waals surface area contributed by atoms with Crippen LogP contribution in [0, 0.1) is 5.92 Å². The minimum atomic E-state index is -0.972. The number of carboxylic acids is 1. The number of amides is 1. The smallest absolute Gasteiger partial charge is 0.326 e. The fourth-order valence-electron chi connectivity index (χ4n) is 2.84. The molecule has 2 N–H and O–H groups in total. The summed E-state index contributed by atoms with van der Waals surface area (Å²) in [6.07, 6.45) is 4.32. The average Bonchev–Trinajstić information content (AvgIpc) is 2.82. The van der Waals surface area contributed by atoms with Crippen molar-refractivity contribution in [2.24, 2.45) is 5.92 Å². The minimum Gasteiger partial charge on any atom is -0.480 e. The van der Waals surface area contributed by atoms with Crippen LogP contribution >= 0.6 is 0 Å². The highest BCUT2D eigenvalue weighted by Gasteiger charge is 2.32. The van der Waals surface area contributed by atoms with E-state index in [1.54, 1.807) is 0 Å². The van der Waals surface area contributed by atoms with Crippen LogP contribution in [0.3, 0.4) is 0 Å². The first-order valence-corrected chi connectivity index (χ1v) is 6.89. The molecule has 2 rings (SSSR count). The number of rotatable bonds is 4. The van der Waals surface area contributed by atoms with Crippen molar-refractivity contribution >= 4 is 11.9 Å². The SMILES string of the molecule is CC1=C(C(=O)NC(C(=O)O)C2CCCOC2)CCC1. The van der Waals surface area contributed by atoms with Gasteiger partial charge in [-0.1, -0.05) is 5.57 Å². The van der Waals surface area contributed by atoms with Gasteiger partial charge in [0.1, 0.15) is 6.04 Å². The quantitative estimate of drug-likeness (QED) is 0.809. The normalized spacial score (nSPS) is 25.2. The van der Waals surface area contributed by atoms with Gasteiger partial charge in [-0.25, -0.2) is 4.79 Å². The molecule has 1 aliphatic carbocycles. The summed E-state index contributed by atoms with van der Waals surface area (Å²) in [6.45, 7) is 3.04. The number of carboxylic acid groups (broad SMARTS) is 1. The number of ether oxygens (including phenoxy) is 1. The van der Waals surface area contributed by atoms with E-state index in [1.165, 1.54) is 0 Å². The lowest BCUT2D eigenvalue weighted by Gasteiger charge is -2.28. The molecule has 5 heteroatoms. The van der Waals surface area contributed by atoms with Crippen LogP contribution in [0.25, 0.3) is 0 Å². The molecule has 2 aliphatic rings. The molecule has 0 bridgehead atoms. The highest BCUT2D eigenvalue weighted by atomic mass is 16.5. The van der Waals surface area contributed by atoms with Crippen molar-refractivity contribution in [1.82, 2.24) is 5.32 Å². The fourth-order valence-corrected chi connectivity index (χ4v) is 2.84. The van der Waals surface area contributed by atoms with Gasteiger partial charge in [0.25, 0.3) is 0 Å². The largest absolute Gasteiger partial charge is 0.480 e. The van der Waals surface area contributed by atoms with E-state index in [9.17, 15) is 14.7 Å². The van der Waals surface area contributed by atoms with E-state index >= 15 is 0 Å². The van der Waals surface area contributed by atoms with Crippen molar-refractivity contribution in [3.63, 3.8) is 0 Å². The molecule has 1 fully saturated rings. The summed E-state index contributed by atoms with van der Waals surface area (Å²) in [5, 5.41) is 12.0. The Kier molecular flexibility index (Phi) is 4.58. The lowest BCUT2D eigenvalue weighted by atomic mass is 9.93. The second-order valence-corrected chi connectivity index (χ2v) is 5.38. The van der Waals surface area contributed by atoms with E-state index in [0.717, 1.165) is 43.3 Å². The van der Waals surface area contributed by atoms with Crippen LogP contribution in [0.5, 0.6) is 0 Å². The number of hydrogen-bond acceptors (Lipinski definition) is 3. The van der Waals surface area contributed by atoms with Crippen LogP contribution in [-0.4, -0.2) is 36.2 Å². The molecule has 1 aliphatic heterocycles. The Hall–Kier alpha value is -1.36. The van der Waals surface area contributed by atoms with Gasteiger partial charge in [0.05, 0.1) is 6.61 Å². The summed E-state index contributed by atoms with van der Waals surface area (Å²) in [5.74, 6) is -1.31. The van der Waals surface area contributed by atoms with Crippen molar-refractivity contribution in [2.75, 3.05) is 13.2 Å². The molecule has 2 unspecified atom stereocenters. The summed E-state index contributed by atoms with van der Waals surface area (Å²) < 4.78 is 5.31. The Morgan fingerprint density at radius 3 is 2.68 bits per heavy atom. The number of allylic oxidation sites excluding steroid dienone is 1. The number of aliphatic carboxylic acids is 1. The third-order valence-electron chi connectivity index (χ3n) is 3.99. The first kappa shape index (κ1) is 14.1. The second-order valence-electron chi connectivity index (χ2n) is 5.38. The molecule has 19 heavy (non-hydrogen) atoms. The number of carbonyl (C=O) groups excluding carboxylic acids is 1. The highest BCUT2D eigenvalue weighted by Crippen LogP contribution is 2.26. The highest BCUT2D eigenvalue weighted by molar-refractivity contribution is 5.97. The number of carbonyl (C=O) groups is 2. The average molecular weight is 267 g/mol. The van der Waals surface area contributed by atoms with Crippen LogP contribution in [0.15, 0.2) is 11.1 Å². The monoisotopic (exact) mass is 267 g/mol. The van der Waals surface area contributed by atoms with Crippen LogP contribution in [0.1, 0.15) is 39.0 Å². The lowest BCUT2D eigenvalue weighted by Crippen LogP contribution is -2.48. The molecule has 0 aromatic carbocycles. The van der Waals surface area contributed by atoms with Gasteiger partial charge in [0, 0.05) is 18.1 Å². The molecule has 0 aromatic heterocycles. The Morgan fingerprint density at radius 2 is 2.16 bits per heavy atom. The maximum absolute atomic E-state index is 12.1. The molecule has 106 valence electrons. The van der Waals surface area contributed by atoms with Gasteiger partial charge in [-0.2, -0.15) is 0 Å². The van der Waals surface area contributed by atoms with Crippen LogP contribution in [0.4, 0.5) is 0 Å². The van der Waals surface area contributed by atoms with Crippen molar-refractivity contribution in [3.8, 4) is 0 Å². The zero-order valence-electron chi connectivity index (χ0n) is 11.3. The first-order valence-electron chi connectivity index (χ1n) is 6.89. The van der Waals surface area contributed by atoms with Crippen molar-refractivity contribution in [2.45, 2.75) is 45.1 Å². The molecule has 1 heterocycles. The van der Waals surface area contributed by atoms with Gasteiger partial charge in [0.15, 0.2) is 0 Å². The van der Waals surface area contributed by atoms with E-state index in [1.807, 2.05) is 6.92 Å². The van der Waals surface area contributed by atoms with Gasteiger partial charge in [-0.15, -0.1) is 0 Å². The molecule has 0 radical (unpaired) electrons. The molecule has 0 aromatic rings. The predicted molar refractivity (Wildman–Crippen MR) is 69.7 cm³/mol. The van der Waals surface area contributed by atoms with Crippen molar-refractivity contribution < 1.29 is 19.4 Å². The zero-order valence-corrected chi connectivity index (χ0v) is 11.3. The van der Waals surface area contributed by atoms with Crippen LogP contribution in [0.2, 0.25) is 0 Å². The summed E-state index contributed by atoms with van der Waals surface area (Å²) in [6, 6.07) is -0.839. The summed E-state index contributed by atoms with van der Waals surface area (Å²) >= 11 is 0. The molecular formula is C14H21NO4. The fraction of sp³-hybridized carbons (Fsp3) is 0.714. The van der Waals surface area contributed by atoms with Crippen molar-refractivity contribution in [3.05, 3.63) is 11.1 Å². The lowest BCUT2D eigenvalue weighted by molar-refractivity contribution is -0.144. The Bertz CT molecular complexity index is 396. The zero-order chi connectivity index (χ0) is 13.8. The van der Waals surface area contributed by atoms with Gasteiger partial charge in [-0.3, -0.25) is 4.79 Å². The molecular weight excluding hydrogens is 246 g/mol. The summed E-state index contributed by atoms with van der Waals surface area (Å²) in [7, 11) is 0. The van der Waals surface area contributed by atoms with E-state index in [2.05, 4.69) is 5.32 Å². The van der Waals surface area contributed by atoms with Crippen LogP contribution in [-0.2, 0) is 14.3 Å². The second kappa shape index (κ2) is 6.19.